The summed E-state index contributed by atoms with van der Waals surface area (Å²) in [5.41, 5.74) is 1.95. The second kappa shape index (κ2) is 8.72. The van der Waals surface area contributed by atoms with Crippen LogP contribution >= 0.6 is 35.0 Å². The second-order valence-electron chi connectivity index (χ2n) is 5.43. The standard InChI is InChI=1S/C18H17Cl2N3OS/c19-14-7-8-15(16(20)11-14)17-21-22-18(25-10-4-9-24)23(17)12-13-5-2-1-3-6-13/h1-3,5-8,11,24H,4,9-10,12H2. The van der Waals surface area contributed by atoms with Crippen molar-refractivity contribution in [3.05, 3.63) is 64.1 Å². The molecule has 0 bridgehead atoms. The lowest BCUT2D eigenvalue weighted by atomic mass is 10.2. The first-order valence-corrected chi connectivity index (χ1v) is 9.59. The lowest BCUT2D eigenvalue weighted by Gasteiger charge is -2.11. The van der Waals surface area contributed by atoms with Crippen LogP contribution in [-0.4, -0.2) is 32.2 Å². The molecular weight excluding hydrogens is 377 g/mol. The average molecular weight is 394 g/mol. The molecule has 0 aliphatic carbocycles. The number of nitrogens with zero attached hydrogens (tertiary/aromatic N) is 3. The normalized spacial score (nSPS) is 11.0. The summed E-state index contributed by atoms with van der Waals surface area (Å²) in [7, 11) is 0. The first-order valence-electron chi connectivity index (χ1n) is 7.85. The van der Waals surface area contributed by atoms with Crippen molar-refractivity contribution >= 4 is 35.0 Å². The first-order chi connectivity index (χ1) is 12.2. The van der Waals surface area contributed by atoms with Crippen molar-refractivity contribution in [2.75, 3.05) is 12.4 Å². The van der Waals surface area contributed by atoms with Gasteiger partial charge in [0.1, 0.15) is 0 Å². The molecule has 3 rings (SSSR count). The Balaban J connectivity index is 1.99. The van der Waals surface area contributed by atoms with Crippen LogP contribution in [0.3, 0.4) is 0 Å². The second-order valence-corrected chi connectivity index (χ2v) is 7.33. The third-order valence-corrected chi connectivity index (χ3v) is 5.21. The number of benzene rings is 2. The molecule has 0 unspecified atom stereocenters. The van der Waals surface area contributed by atoms with Crippen LogP contribution in [0.5, 0.6) is 0 Å². The van der Waals surface area contributed by atoms with Crippen molar-refractivity contribution in [2.45, 2.75) is 18.1 Å². The fourth-order valence-corrected chi connectivity index (χ4v) is 3.76. The van der Waals surface area contributed by atoms with Gasteiger partial charge in [0.15, 0.2) is 11.0 Å². The highest BCUT2D eigenvalue weighted by Gasteiger charge is 2.17. The Morgan fingerprint density at radius 1 is 1.04 bits per heavy atom. The van der Waals surface area contributed by atoms with Crippen LogP contribution in [0.2, 0.25) is 10.0 Å². The van der Waals surface area contributed by atoms with Gasteiger partial charge in [-0.2, -0.15) is 0 Å². The maximum atomic E-state index is 9.01. The van der Waals surface area contributed by atoms with E-state index in [0.29, 0.717) is 28.8 Å². The predicted molar refractivity (Wildman–Crippen MR) is 103 cm³/mol. The summed E-state index contributed by atoms with van der Waals surface area (Å²) in [6, 6.07) is 15.5. The molecule has 25 heavy (non-hydrogen) atoms. The molecule has 0 aliphatic rings. The van der Waals surface area contributed by atoms with Gasteiger partial charge in [0.2, 0.25) is 0 Å². The minimum Gasteiger partial charge on any atom is -0.396 e. The van der Waals surface area contributed by atoms with Crippen molar-refractivity contribution in [1.29, 1.82) is 0 Å². The van der Waals surface area contributed by atoms with Crippen molar-refractivity contribution in [3.63, 3.8) is 0 Å². The lowest BCUT2D eigenvalue weighted by Crippen LogP contribution is -2.04. The monoisotopic (exact) mass is 393 g/mol. The summed E-state index contributed by atoms with van der Waals surface area (Å²) in [5, 5.41) is 19.6. The number of hydrogen-bond donors (Lipinski definition) is 1. The molecule has 0 aliphatic heterocycles. The van der Waals surface area contributed by atoms with Crippen molar-refractivity contribution in [2.24, 2.45) is 0 Å². The van der Waals surface area contributed by atoms with Crippen LogP contribution in [0.1, 0.15) is 12.0 Å². The zero-order valence-electron chi connectivity index (χ0n) is 13.4. The molecule has 3 aromatic rings. The maximum Gasteiger partial charge on any atom is 0.191 e. The SMILES string of the molecule is OCCCSc1nnc(-c2ccc(Cl)cc2Cl)n1Cc1ccccc1. The molecule has 0 spiro atoms. The summed E-state index contributed by atoms with van der Waals surface area (Å²) in [6.45, 7) is 0.805. The quantitative estimate of drug-likeness (QED) is 0.463. The number of aliphatic hydroxyl groups excluding tert-OH is 1. The van der Waals surface area contributed by atoms with E-state index in [4.69, 9.17) is 28.3 Å². The first kappa shape index (κ1) is 18.3. The van der Waals surface area contributed by atoms with E-state index in [2.05, 4.69) is 22.3 Å². The zero-order valence-corrected chi connectivity index (χ0v) is 15.7. The van der Waals surface area contributed by atoms with Crippen molar-refractivity contribution in [3.8, 4) is 11.4 Å². The summed E-state index contributed by atoms with van der Waals surface area (Å²) in [4.78, 5) is 0. The number of halogens is 2. The highest BCUT2D eigenvalue weighted by atomic mass is 35.5. The van der Waals surface area contributed by atoms with Crippen LogP contribution in [-0.2, 0) is 6.54 Å². The summed E-state index contributed by atoms with van der Waals surface area (Å²) in [5.74, 6) is 1.48. The van der Waals surface area contributed by atoms with Crippen LogP contribution in [0.15, 0.2) is 53.7 Å². The molecule has 4 nitrogen and oxygen atoms in total. The third-order valence-electron chi connectivity index (χ3n) is 3.61. The number of thioether (sulfide) groups is 1. The minimum atomic E-state index is 0.162. The van der Waals surface area contributed by atoms with E-state index < -0.39 is 0 Å². The van der Waals surface area contributed by atoms with Crippen LogP contribution in [0.25, 0.3) is 11.4 Å². The molecular formula is C18H17Cl2N3OS. The molecule has 1 N–H and O–H groups in total. The number of rotatable bonds is 7. The Hall–Kier alpha value is -1.53. The average Bonchev–Trinajstić information content (AvgIpc) is 2.99. The minimum absolute atomic E-state index is 0.162. The topological polar surface area (TPSA) is 50.9 Å². The van der Waals surface area contributed by atoms with E-state index in [1.165, 1.54) is 0 Å². The Labute approximate surface area is 160 Å². The Kier molecular flexibility index (Phi) is 6.37. The van der Waals surface area contributed by atoms with Gasteiger partial charge in [-0.05, 0) is 30.2 Å². The molecule has 1 heterocycles. The fourth-order valence-electron chi connectivity index (χ4n) is 2.40. The van der Waals surface area contributed by atoms with E-state index >= 15 is 0 Å². The molecule has 0 atom stereocenters. The molecule has 0 saturated heterocycles. The largest absolute Gasteiger partial charge is 0.396 e. The van der Waals surface area contributed by atoms with Gasteiger partial charge in [-0.25, -0.2) is 0 Å². The summed E-state index contributed by atoms with van der Waals surface area (Å²) >= 11 is 14.0. The van der Waals surface area contributed by atoms with Gasteiger partial charge in [-0.15, -0.1) is 10.2 Å². The van der Waals surface area contributed by atoms with Gasteiger partial charge in [0, 0.05) is 22.9 Å². The maximum absolute atomic E-state index is 9.01. The van der Waals surface area contributed by atoms with E-state index in [1.54, 1.807) is 23.9 Å². The van der Waals surface area contributed by atoms with E-state index in [1.807, 2.05) is 28.8 Å². The van der Waals surface area contributed by atoms with E-state index in [0.717, 1.165) is 22.0 Å². The zero-order chi connectivity index (χ0) is 17.6. The highest BCUT2D eigenvalue weighted by Crippen LogP contribution is 2.32. The van der Waals surface area contributed by atoms with Crippen molar-refractivity contribution < 1.29 is 5.11 Å². The predicted octanol–water partition coefficient (Wildman–Crippen LogP) is 4.77. The molecule has 0 saturated carbocycles. The van der Waals surface area contributed by atoms with E-state index in [-0.39, 0.29) is 6.61 Å². The number of aliphatic hydroxyl groups is 1. The fraction of sp³-hybridized carbons (Fsp3) is 0.222. The summed E-state index contributed by atoms with van der Waals surface area (Å²) in [6.07, 6.45) is 0.708. The third kappa shape index (κ3) is 4.55. The van der Waals surface area contributed by atoms with Gasteiger partial charge < -0.3 is 5.11 Å². The smallest absolute Gasteiger partial charge is 0.191 e. The number of hydrogen-bond acceptors (Lipinski definition) is 4. The van der Waals surface area contributed by atoms with Gasteiger partial charge in [0.05, 0.1) is 11.6 Å². The molecule has 1 aromatic heterocycles. The molecule has 7 heteroatoms. The molecule has 0 fully saturated rings. The lowest BCUT2D eigenvalue weighted by molar-refractivity contribution is 0.296. The van der Waals surface area contributed by atoms with Crippen molar-refractivity contribution in [1.82, 2.24) is 14.8 Å². The van der Waals surface area contributed by atoms with E-state index in [9.17, 15) is 0 Å². The number of aromatic nitrogens is 3. The molecule has 0 amide bonds. The molecule has 130 valence electrons. The highest BCUT2D eigenvalue weighted by molar-refractivity contribution is 7.99. The van der Waals surface area contributed by atoms with Gasteiger partial charge in [-0.1, -0.05) is 65.3 Å². The molecule has 0 radical (unpaired) electrons. The Morgan fingerprint density at radius 3 is 2.56 bits per heavy atom. The van der Waals surface area contributed by atoms with Gasteiger partial charge in [-0.3, -0.25) is 4.57 Å². The van der Waals surface area contributed by atoms with Crippen LogP contribution in [0, 0.1) is 0 Å². The van der Waals surface area contributed by atoms with Crippen LogP contribution < -0.4 is 0 Å². The van der Waals surface area contributed by atoms with Gasteiger partial charge >= 0.3 is 0 Å². The Morgan fingerprint density at radius 2 is 1.84 bits per heavy atom. The van der Waals surface area contributed by atoms with Gasteiger partial charge in [0.25, 0.3) is 0 Å². The molecule has 2 aromatic carbocycles. The summed E-state index contributed by atoms with van der Waals surface area (Å²) < 4.78 is 2.05. The Bertz CT molecular complexity index is 840. The van der Waals surface area contributed by atoms with Crippen LogP contribution in [0.4, 0.5) is 0 Å².